The lowest BCUT2D eigenvalue weighted by Crippen LogP contribution is -2.09. The van der Waals surface area contributed by atoms with Gasteiger partial charge < -0.3 is 10.4 Å². The zero-order valence-electron chi connectivity index (χ0n) is 11.2. The molecule has 0 atom stereocenters. The highest BCUT2D eigenvalue weighted by Crippen LogP contribution is 2.23. The number of carbonyl (C=O) groups excluding carboxylic acids is 1. The molecule has 0 aliphatic rings. The number of carboxylic acid groups (broad SMARTS) is 1. The van der Waals surface area contributed by atoms with Crippen LogP contribution in [0.25, 0.3) is 6.08 Å². The summed E-state index contributed by atoms with van der Waals surface area (Å²) in [7, 11) is 0. The number of aromatic carboxylic acids is 1. The molecule has 4 nitrogen and oxygen atoms in total. The molecule has 0 fully saturated rings. The van der Waals surface area contributed by atoms with E-state index in [-0.39, 0.29) is 16.3 Å². The molecule has 0 unspecified atom stereocenters. The quantitative estimate of drug-likeness (QED) is 0.770. The van der Waals surface area contributed by atoms with Gasteiger partial charge in [-0.1, -0.05) is 45.7 Å². The monoisotopic (exact) mass is 379 g/mol. The first-order chi connectivity index (χ1) is 10.5. The van der Waals surface area contributed by atoms with Crippen LogP contribution in [0.5, 0.6) is 0 Å². The van der Waals surface area contributed by atoms with E-state index in [9.17, 15) is 9.59 Å². The van der Waals surface area contributed by atoms with Crippen molar-refractivity contribution in [3.05, 3.63) is 69.2 Å². The van der Waals surface area contributed by atoms with Crippen LogP contribution in [0, 0.1) is 0 Å². The van der Waals surface area contributed by atoms with E-state index in [0.717, 1.165) is 10.0 Å². The number of nitrogens with one attached hydrogen (secondary N) is 1. The molecule has 2 rings (SSSR count). The molecule has 2 N–H and O–H groups in total. The van der Waals surface area contributed by atoms with Crippen molar-refractivity contribution in [2.24, 2.45) is 0 Å². The molecule has 0 saturated heterocycles. The average Bonchev–Trinajstić information content (AvgIpc) is 2.48. The minimum atomic E-state index is -1.09. The summed E-state index contributed by atoms with van der Waals surface area (Å²) in [5.74, 6) is -1.49. The van der Waals surface area contributed by atoms with Gasteiger partial charge in [0.25, 0.3) is 0 Å². The van der Waals surface area contributed by atoms with E-state index in [1.165, 1.54) is 24.3 Å². The number of rotatable bonds is 4. The Bertz CT molecular complexity index is 759. The van der Waals surface area contributed by atoms with Gasteiger partial charge in [0.2, 0.25) is 5.91 Å². The zero-order chi connectivity index (χ0) is 16.1. The summed E-state index contributed by atoms with van der Waals surface area (Å²) in [6.07, 6.45) is 3.00. The Balaban J connectivity index is 2.14. The fourth-order valence-corrected chi connectivity index (χ4v) is 2.29. The number of benzene rings is 2. The number of hydrogen-bond donors (Lipinski definition) is 2. The van der Waals surface area contributed by atoms with Gasteiger partial charge in [-0.15, -0.1) is 0 Å². The Morgan fingerprint density at radius 3 is 2.59 bits per heavy atom. The molecule has 2 aromatic rings. The van der Waals surface area contributed by atoms with Crippen LogP contribution in [0.2, 0.25) is 5.02 Å². The van der Waals surface area contributed by atoms with Crippen LogP contribution < -0.4 is 5.32 Å². The Labute approximate surface area is 140 Å². The maximum Gasteiger partial charge on any atom is 0.335 e. The van der Waals surface area contributed by atoms with Crippen LogP contribution in [0.4, 0.5) is 5.69 Å². The standard InChI is InChI=1S/C16H11BrClNO3/c17-12-4-2-1-3-10(12)6-8-15(20)19-14-9-11(16(21)22)5-7-13(14)18/h1-9H,(H,19,20)(H,21,22). The van der Waals surface area contributed by atoms with E-state index in [0.29, 0.717) is 0 Å². The lowest BCUT2D eigenvalue weighted by molar-refractivity contribution is -0.111. The highest BCUT2D eigenvalue weighted by atomic mass is 79.9. The molecule has 0 spiro atoms. The molecule has 0 aliphatic heterocycles. The SMILES string of the molecule is O=C(C=Cc1ccccc1Br)Nc1cc(C(=O)O)ccc1Cl. The van der Waals surface area contributed by atoms with E-state index in [1.54, 1.807) is 6.08 Å². The van der Waals surface area contributed by atoms with E-state index < -0.39 is 11.9 Å². The lowest BCUT2D eigenvalue weighted by atomic mass is 10.2. The van der Waals surface area contributed by atoms with Crippen molar-refractivity contribution in [2.75, 3.05) is 5.32 Å². The molecule has 112 valence electrons. The highest BCUT2D eigenvalue weighted by Gasteiger charge is 2.08. The third-order valence-electron chi connectivity index (χ3n) is 2.79. The molecule has 0 radical (unpaired) electrons. The van der Waals surface area contributed by atoms with Crippen LogP contribution in [0.3, 0.4) is 0 Å². The minimum Gasteiger partial charge on any atom is -0.478 e. The highest BCUT2D eigenvalue weighted by molar-refractivity contribution is 9.10. The van der Waals surface area contributed by atoms with Crippen LogP contribution in [0.1, 0.15) is 15.9 Å². The van der Waals surface area contributed by atoms with Crippen LogP contribution in [-0.2, 0) is 4.79 Å². The third-order valence-corrected chi connectivity index (χ3v) is 3.84. The molecule has 0 bridgehead atoms. The Morgan fingerprint density at radius 2 is 1.91 bits per heavy atom. The molecule has 0 heterocycles. The van der Waals surface area contributed by atoms with Crippen molar-refractivity contribution in [3.8, 4) is 0 Å². The van der Waals surface area contributed by atoms with Crippen molar-refractivity contribution in [1.29, 1.82) is 0 Å². The van der Waals surface area contributed by atoms with Gasteiger partial charge in [0.15, 0.2) is 0 Å². The first-order valence-corrected chi connectivity index (χ1v) is 7.41. The molecule has 0 aromatic heterocycles. The molecular formula is C16H11BrClNO3. The largest absolute Gasteiger partial charge is 0.478 e. The van der Waals surface area contributed by atoms with Gasteiger partial charge in [0.05, 0.1) is 16.3 Å². The van der Waals surface area contributed by atoms with Gasteiger partial charge in [-0.05, 0) is 35.9 Å². The summed E-state index contributed by atoms with van der Waals surface area (Å²) in [6.45, 7) is 0. The van der Waals surface area contributed by atoms with Crippen molar-refractivity contribution < 1.29 is 14.7 Å². The number of amides is 1. The van der Waals surface area contributed by atoms with E-state index >= 15 is 0 Å². The van der Waals surface area contributed by atoms with Gasteiger partial charge in [0.1, 0.15) is 0 Å². The Kier molecular flexibility index (Phi) is 5.35. The second-order valence-electron chi connectivity index (χ2n) is 4.34. The minimum absolute atomic E-state index is 0.0504. The summed E-state index contributed by atoms with van der Waals surface area (Å²) in [5, 5.41) is 11.8. The Hall–Kier alpha value is -2.11. The second kappa shape index (κ2) is 7.24. The topological polar surface area (TPSA) is 66.4 Å². The van der Waals surface area contributed by atoms with Gasteiger partial charge >= 0.3 is 5.97 Å². The number of hydrogen-bond acceptors (Lipinski definition) is 2. The van der Waals surface area contributed by atoms with Crippen LogP contribution >= 0.6 is 27.5 Å². The maximum atomic E-state index is 11.9. The zero-order valence-corrected chi connectivity index (χ0v) is 13.6. The molecule has 0 saturated carbocycles. The van der Waals surface area contributed by atoms with E-state index in [2.05, 4.69) is 21.2 Å². The Morgan fingerprint density at radius 1 is 1.18 bits per heavy atom. The first kappa shape index (κ1) is 16.3. The molecule has 6 heteroatoms. The van der Waals surface area contributed by atoms with Gasteiger partial charge in [-0.3, -0.25) is 4.79 Å². The molecule has 0 aliphatic carbocycles. The third kappa shape index (κ3) is 4.19. The lowest BCUT2D eigenvalue weighted by Gasteiger charge is -2.06. The fourth-order valence-electron chi connectivity index (χ4n) is 1.70. The van der Waals surface area contributed by atoms with Crippen LogP contribution in [0.15, 0.2) is 53.0 Å². The summed E-state index contributed by atoms with van der Waals surface area (Å²) in [6, 6.07) is 11.6. The maximum absolute atomic E-state index is 11.9. The second-order valence-corrected chi connectivity index (χ2v) is 5.61. The van der Waals surface area contributed by atoms with Crippen molar-refractivity contribution in [1.82, 2.24) is 0 Å². The molecule has 1 amide bonds. The normalized spacial score (nSPS) is 10.6. The number of halogens is 2. The van der Waals surface area contributed by atoms with Gasteiger partial charge in [-0.25, -0.2) is 4.79 Å². The van der Waals surface area contributed by atoms with E-state index in [4.69, 9.17) is 16.7 Å². The van der Waals surface area contributed by atoms with Crippen LogP contribution in [-0.4, -0.2) is 17.0 Å². The van der Waals surface area contributed by atoms with Gasteiger partial charge in [0, 0.05) is 10.5 Å². The molecular weight excluding hydrogens is 370 g/mol. The first-order valence-electron chi connectivity index (χ1n) is 6.24. The number of carboxylic acids is 1. The predicted octanol–water partition coefficient (Wildman–Crippen LogP) is 4.45. The van der Waals surface area contributed by atoms with Crippen molar-refractivity contribution >= 4 is 51.2 Å². The van der Waals surface area contributed by atoms with Gasteiger partial charge in [-0.2, -0.15) is 0 Å². The summed E-state index contributed by atoms with van der Waals surface area (Å²) < 4.78 is 0.866. The number of anilines is 1. The van der Waals surface area contributed by atoms with Crippen molar-refractivity contribution in [3.63, 3.8) is 0 Å². The summed E-state index contributed by atoms with van der Waals surface area (Å²) in [5.41, 5.74) is 1.15. The molecule has 2 aromatic carbocycles. The summed E-state index contributed by atoms with van der Waals surface area (Å²) >= 11 is 9.33. The number of carbonyl (C=O) groups is 2. The van der Waals surface area contributed by atoms with E-state index in [1.807, 2.05) is 24.3 Å². The molecule has 22 heavy (non-hydrogen) atoms. The summed E-state index contributed by atoms with van der Waals surface area (Å²) in [4.78, 5) is 22.8. The van der Waals surface area contributed by atoms with Crippen molar-refractivity contribution in [2.45, 2.75) is 0 Å². The average molecular weight is 381 g/mol. The predicted molar refractivity (Wildman–Crippen MR) is 90.2 cm³/mol. The fraction of sp³-hybridized carbons (Fsp3) is 0. The smallest absolute Gasteiger partial charge is 0.335 e.